The first kappa shape index (κ1) is 10.9. The van der Waals surface area contributed by atoms with Crippen LogP contribution < -0.4 is 0 Å². The maximum atomic E-state index is 10.6. The second-order valence-electron chi connectivity index (χ2n) is 2.54. The van der Waals surface area contributed by atoms with Crippen molar-refractivity contribution in [1.29, 1.82) is 0 Å². The first-order valence-electron chi connectivity index (χ1n) is 3.63. The minimum Gasteiger partial charge on any atom is -0.478 e. The van der Waals surface area contributed by atoms with Crippen LogP contribution in [0.2, 0.25) is 0 Å². The summed E-state index contributed by atoms with van der Waals surface area (Å²) >= 11 is 1.99. The number of nitro benzene ring substituents is 1. The van der Waals surface area contributed by atoms with Crippen LogP contribution >= 0.6 is 22.6 Å². The summed E-state index contributed by atoms with van der Waals surface area (Å²) in [5.41, 5.74) is 0.324. The molecule has 5 nitrogen and oxygen atoms in total. The summed E-state index contributed by atoms with van der Waals surface area (Å²) in [6, 6.07) is 3.91. The van der Waals surface area contributed by atoms with Crippen molar-refractivity contribution in [3.8, 4) is 0 Å². The van der Waals surface area contributed by atoms with E-state index >= 15 is 0 Å². The molecular weight excluding hydrogens is 301 g/mol. The van der Waals surface area contributed by atoms with Crippen molar-refractivity contribution in [2.45, 2.75) is 4.43 Å². The molecule has 0 amide bonds. The Morgan fingerprint density at radius 3 is 2.64 bits per heavy atom. The van der Waals surface area contributed by atoms with Gasteiger partial charge in [0.1, 0.15) is 0 Å². The fourth-order valence-electron chi connectivity index (χ4n) is 0.980. The molecular formula is C8H6INO4. The number of rotatable bonds is 3. The number of halogens is 1. The fourth-order valence-corrected chi connectivity index (χ4v) is 1.62. The Bertz CT molecular complexity index is 391. The number of nitrogens with zero attached hydrogens (tertiary/aromatic N) is 1. The van der Waals surface area contributed by atoms with E-state index < -0.39 is 10.9 Å². The number of hydrogen-bond donors (Lipinski definition) is 1. The molecule has 1 aromatic carbocycles. The average Bonchev–Trinajstić information content (AvgIpc) is 2.16. The van der Waals surface area contributed by atoms with Crippen molar-refractivity contribution in [2.24, 2.45) is 0 Å². The van der Waals surface area contributed by atoms with Crippen LogP contribution in [0.1, 0.15) is 15.9 Å². The fraction of sp³-hybridized carbons (Fsp3) is 0.125. The lowest BCUT2D eigenvalue weighted by atomic mass is 10.1. The van der Waals surface area contributed by atoms with Crippen LogP contribution in [0.3, 0.4) is 0 Å². The van der Waals surface area contributed by atoms with Crippen LogP contribution in [0.25, 0.3) is 0 Å². The van der Waals surface area contributed by atoms with Gasteiger partial charge in [0, 0.05) is 16.1 Å². The SMILES string of the molecule is O=C(O)c1ccc(CI)c([N+](=O)[O-])c1. The van der Waals surface area contributed by atoms with E-state index in [0.29, 0.717) is 9.99 Å². The highest BCUT2D eigenvalue weighted by molar-refractivity contribution is 14.1. The molecule has 0 bridgehead atoms. The minimum absolute atomic E-state index is 0.0645. The Hall–Kier alpha value is -1.18. The molecule has 0 heterocycles. The van der Waals surface area contributed by atoms with E-state index in [1.165, 1.54) is 12.1 Å². The lowest BCUT2D eigenvalue weighted by Gasteiger charge is -1.99. The molecule has 1 N–H and O–H groups in total. The van der Waals surface area contributed by atoms with Gasteiger partial charge >= 0.3 is 5.97 Å². The van der Waals surface area contributed by atoms with Crippen LogP contribution in [0.15, 0.2) is 18.2 Å². The van der Waals surface area contributed by atoms with Gasteiger partial charge in [-0.3, -0.25) is 10.1 Å². The zero-order chi connectivity index (χ0) is 10.7. The van der Waals surface area contributed by atoms with Gasteiger partial charge in [-0.05, 0) is 6.07 Å². The smallest absolute Gasteiger partial charge is 0.335 e. The lowest BCUT2D eigenvalue weighted by Crippen LogP contribution is -2.00. The largest absolute Gasteiger partial charge is 0.478 e. The Morgan fingerprint density at radius 2 is 2.21 bits per heavy atom. The standard InChI is InChI=1S/C8H6INO4/c9-4-6-2-1-5(8(11)12)3-7(6)10(13)14/h1-3H,4H2,(H,11,12). The third-order valence-electron chi connectivity index (χ3n) is 1.67. The number of carbonyl (C=O) groups is 1. The lowest BCUT2D eigenvalue weighted by molar-refractivity contribution is -0.385. The number of carboxylic acids is 1. The van der Waals surface area contributed by atoms with Crippen molar-refractivity contribution >= 4 is 34.2 Å². The van der Waals surface area contributed by atoms with E-state index in [9.17, 15) is 14.9 Å². The maximum Gasteiger partial charge on any atom is 0.335 e. The molecule has 0 atom stereocenters. The van der Waals surface area contributed by atoms with Crippen LogP contribution in [0.5, 0.6) is 0 Å². The number of carboxylic acid groups (broad SMARTS) is 1. The second kappa shape index (κ2) is 4.36. The predicted molar refractivity (Wildman–Crippen MR) is 57.8 cm³/mol. The summed E-state index contributed by atoms with van der Waals surface area (Å²) in [7, 11) is 0. The third-order valence-corrected chi connectivity index (χ3v) is 2.49. The molecule has 0 aliphatic rings. The molecule has 0 aliphatic heterocycles. The molecule has 0 aromatic heterocycles. The van der Waals surface area contributed by atoms with Gasteiger partial charge in [0.25, 0.3) is 5.69 Å². The summed E-state index contributed by atoms with van der Waals surface area (Å²) in [5.74, 6) is -1.16. The van der Waals surface area contributed by atoms with Gasteiger partial charge in [-0.15, -0.1) is 0 Å². The van der Waals surface area contributed by atoms with Crippen molar-refractivity contribution < 1.29 is 14.8 Å². The summed E-state index contributed by atoms with van der Waals surface area (Å²) in [4.78, 5) is 20.5. The van der Waals surface area contributed by atoms with E-state index in [2.05, 4.69) is 0 Å². The first-order valence-corrected chi connectivity index (χ1v) is 5.15. The molecule has 0 saturated carbocycles. The van der Waals surface area contributed by atoms with E-state index in [1.807, 2.05) is 22.6 Å². The molecule has 0 unspecified atom stereocenters. The van der Waals surface area contributed by atoms with Crippen LogP contribution in [0.4, 0.5) is 5.69 Å². The Labute approximate surface area is 93.0 Å². The highest BCUT2D eigenvalue weighted by Crippen LogP contribution is 2.22. The normalized spacial score (nSPS) is 9.79. The number of benzene rings is 1. The Kier molecular flexibility index (Phi) is 3.39. The van der Waals surface area contributed by atoms with Crippen molar-refractivity contribution in [1.82, 2.24) is 0 Å². The van der Waals surface area contributed by atoms with Gasteiger partial charge in [0.05, 0.1) is 10.5 Å². The minimum atomic E-state index is -1.16. The maximum absolute atomic E-state index is 10.6. The van der Waals surface area contributed by atoms with Gasteiger partial charge in [-0.1, -0.05) is 28.7 Å². The highest BCUT2D eigenvalue weighted by atomic mass is 127. The number of alkyl halides is 1. The topological polar surface area (TPSA) is 80.4 Å². The zero-order valence-corrected chi connectivity index (χ0v) is 9.09. The molecule has 1 aromatic rings. The summed E-state index contributed by atoms with van der Waals surface area (Å²) in [5, 5.41) is 19.2. The molecule has 0 radical (unpaired) electrons. The third kappa shape index (κ3) is 2.19. The van der Waals surface area contributed by atoms with Gasteiger partial charge < -0.3 is 5.11 Å². The predicted octanol–water partition coefficient (Wildman–Crippen LogP) is 2.23. The van der Waals surface area contributed by atoms with Crippen molar-refractivity contribution in [3.63, 3.8) is 0 Å². The molecule has 1 rings (SSSR count). The monoisotopic (exact) mass is 307 g/mol. The second-order valence-corrected chi connectivity index (χ2v) is 3.30. The molecule has 0 aliphatic carbocycles. The molecule has 0 spiro atoms. The zero-order valence-electron chi connectivity index (χ0n) is 6.94. The number of hydrogen-bond acceptors (Lipinski definition) is 3. The summed E-state index contributed by atoms with van der Waals surface area (Å²) in [6.45, 7) is 0. The van der Waals surface area contributed by atoms with E-state index in [-0.39, 0.29) is 11.3 Å². The van der Waals surface area contributed by atoms with Gasteiger partial charge in [0.2, 0.25) is 0 Å². The molecule has 74 valence electrons. The molecule has 0 saturated heterocycles. The Balaban J connectivity index is 3.27. The number of aromatic carboxylic acids is 1. The summed E-state index contributed by atoms with van der Waals surface area (Å²) < 4.78 is 0.480. The summed E-state index contributed by atoms with van der Waals surface area (Å²) in [6.07, 6.45) is 0. The Morgan fingerprint density at radius 1 is 1.57 bits per heavy atom. The number of nitro groups is 1. The van der Waals surface area contributed by atoms with Gasteiger partial charge in [-0.25, -0.2) is 4.79 Å². The van der Waals surface area contributed by atoms with Crippen molar-refractivity contribution in [2.75, 3.05) is 0 Å². The van der Waals surface area contributed by atoms with Crippen LogP contribution in [-0.2, 0) is 4.43 Å². The molecule has 6 heteroatoms. The average molecular weight is 307 g/mol. The first-order chi connectivity index (χ1) is 6.56. The van der Waals surface area contributed by atoms with Crippen molar-refractivity contribution in [3.05, 3.63) is 39.4 Å². The van der Waals surface area contributed by atoms with E-state index in [0.717, 1.165) is 6.07 Å². The van der Waals surface area contributed by atoms with Crippen LogP contribution in [0, 0.1) is 10.1 Å². The molecule has 0 fully saturated rings. The quantitative estimate of drug-likeness (QED) is 0.402. The van der Waals surface area contributed by atoms with E-state index in [1.54, 1.807) is 0 Å². The van der Waals surface area contributed by atoms with Crippen LogP contribution in [-0.4, -0.2) is 16.0 Å². The van der Waals surface area contributed by atoms with Gasteiger partial charge in [0.15, 0.2) is 0 Å². The van der Waals surface area contributed by atoms with E-state index in [4.69, 9.17) is 5.11 Å². The molecule has 14 heavy (non-hydrogen) atoms. The highest BCUT2D eigenvalue weighted by Gasteiger charge is 2.15. The van der Waals surface area contributed by atoms with Gasteiger partial charge in [-0.2, -0.15) is 0 Å².